The summed E-state index contributed by atoms with van der Waals surface area (Å²) < 4.78 is 5.36. The zero-order valence-electron chi connectivity index (χ0n) is 12.0. The fourth-order valence-corrected chi connectivity index (χ4v) is 2.32. The van der Waals surface area contributed by atoms with E-state index in [4.69, 9.17) is 9.63 Å². The molecule has 19 heavy (non-hydrogen) atoms. The Bertz CT molecular complexity index is 386. The summed E-state index contributed by atoms with van der Waals surface area (Å²) in [4.78, 5) is 9.09. The van der Waals surface area contributed by atoms with Gasteiger partial charge in [-0.2, -0.15) is 4.98 Å². The van der Waals surface area contributed by atoms with E-state index in [-0.39, 0.29) is 12.6 Å². The van der Waals surface area contributed by atoms with Crippen LogP contribution >= 0.6 is 0 Å². The quantitative estimate of drug-likeness (QED) is 0.854. The van der Waals surface area contributed by atoms with Crippen LogP contribution in [0.1, 0.15) is 44.4 Å². The molecule has 0 amide bonds. The average molecular weight is 268 g/mol. The first-order valence-electron chi connectivity index (χ1n) is 7.02. The molecule has 108 valence electrons. The lowest BCUT2D eigenvalue weighted by molar-refractivity contribution is 0.0776. The second-order valence-corrected chi connectivity index (χ2v) is 5.42. The summed E-state index contributed by atoms with van der Waals surface area (Å²) in [5.41, 5.74) is 0. The Morgan fingerprint density at radius 3 is 2.42 bits per heavy atom. The van der Waals surface area contributed by atoms with Gasteiger partial charge in [0.05, 0.1) is 12.6 Å². The second-order valence-electron chi connectivity index (χ2n) is 5.42. The number of aliphatic hydroxyl groups is 1. The van der Waals surface area contributed by atoms with Crippen molar-refractivity contribution >= 4 is 0 Å². The molecule has 2 heterocycles. The summed E-state index contributed by atoms with van der Waals surface area (Å²) in [5.74, 6) is 1.78. The monoisotopic (exact) mass is 268 g/mol. The highest BCUT2D eigenvalue weighted by Crippen LogP contribution is 2.21. The topological polar surface area (TPSA) is 65.6 Å². The minimum absolute atomic E-state index is 0.163. The first-order valence-corrected chi connectivity index (χ1v) is 7.02. The van der Waals surface area contributed by atoms with Gasteiger partial charge in [-0.05, 0) is 6.92 Å². The second kappa shape index (κ2) is 6.45. The van der Waals surface area contributed by atoms with Crippen molar-refractivity contribution in [2.24, 2.45) is 0 Å². The third kappa shape index (κ3) is 3.52. The Kier molecular flexibility index (Phi) is 4.90. The number of piperazine rings is 1. The Hall–Kier alpha value is -0.980. The number of hydrogen-bond acceptors (Lipinski definition) is 6. The van der Waals surface area contributed by atoms with E-state index in [1.165, 1.54) is 0 Å². The number of aliphatic hydroxyl groups excluding tert-OH is 1. The molecule has 2 rings (SSSR count). The molecule has 1 aliphatic heterocycles. The van der Waals surface area contributed by atoms with Crippen LogP contribution in [0, 0.1) is 0 Å². The minimum Gasteiger partial charge on any atom is -0.395 e. The van der Waals surface area contributed by atoms with Crippen molar-refractivity contribution in [3.8, 4) is 0 Å². The van der Waals surface area contributed by atoms with Crippen molar-refractivity contribution < 1.29 is 9.63 Å². The molecule has 6 nitrogen and oxygen atoms in total. The molecule has 1 atom stereocenters. The van der Waals surface area contributed by atoms with Crippen molar-refractivity contribution in [3.05, 3.63) is 11.7 Å². The molecule has 1 aliphatic rings. The van der Waals surface area contributed by atoms with E-state index >= 15 is 0 Å². The van der Waals surface area contributed by atoms with E-state index in [2.05, 4.69) is 40.7 Å². The Morgan fingerprint density at radius 2 is 1.89 bits per heavy atom. The van der Waals surface area contributed by atoms with E-state index in [1.807, 2.05) is 0 Å². The van der Waals surface area contributed by atoms with E-state index in [0.29, 0.717) is 11.8 Å². The molecule has 0 saturated carbocycles. The number of aromatic nitrogens is 2. The lowest BCUT2D eigenvalue weighted by Gasteiger charge is -2.36. The number of rotatable bonds is 5. The SMILES string of the molecule is CC(C)c1noc([C@@H](C)N2CCN(CCO)CC2)n1. The maximum Gasteiger partial charge on any atom is 0.243 e. The fourth-order valence-electron chi connectivity index (χ4n) is 2.32. The van der Waals surface area contributed by atoms with Crippen LogP contribution in [-0.4, -0.2) is 64.4 Å². The van der Waals surface area contributed by atoms with Gasteiger partial charge in [0.2, 0.25) is 5.89 Å². The molecule has 1 saturated heterocycles. The normalized spacial score (nSPS) is 20.1. The van der Waals surface area contributed by atoms with E-state index in [0.717, 1.165) is 38.5 Å². The molecule has 0 unspecified atom stereocenters. The Balaban J connectivity index is 1.91. The summed E-state index contributed by atoms with van der Waals surface area (Å²) in [6.07, 6.45) is 0. The zero-order chi connectivity index (χ0) is 13.8. The summed E-state index contributed by atoms with van der Waals surface area (Å²) in [5, 5.41) is 13.0. The summed E-state index contributed by atoms with van der Waals surface area (Å²) in [7, 11) is 0. The zero-order valence-corrected chi connectivity index (χ0v) is 12.0. The molecule has 0 aliphatic carbocycles. The summed E-state index contributed by atoms with van der Waals surface area (Å²) in [6, 6.07) is 0.163. The van der Waals surface area contributed by atoms with Crippen LogP contribution in [0.25, 0.3) is 0 Å². The molecular formula is C13H24N4O2. The molecular weight excluding hydrogens is 244 g/mol. The Morgan fingerprint density at radius 1 is 1.21 bits per heavy atom. The van der Waals surface area contributed by atoms with Crippen molar-refractivity contribution in [2.45, 2.75) is 32.7 Å². The maximum atomic E-state index is 8.94. The summed E-state index contributed by atoms with van der Waals surface area (Å²) >= 11 is 0. The molecule has 0 aromatic carbocycles. The average Bonchev–Trinajstić information content (AvgIpc) is 2.89. The van der Waals surface area contributed by atoms with E-state index in [1.54, 1.807) is 0 Å². The third-order valence-corrected chi connectivity index (χ3v) is 3.70. The number of hydrogen-bond donors (Lipinski definition) is 1. The van der Waals surface area contributed by atoms with Crippen LogP contribution in [0.2, 0.25) is 0 Å². The van der Waals surface area contributed by atoms with Crippen molar-refractivity contribution in [1.29, 1.82) is 0 Å². The predicted octanol–water partition coefficient (Wildman–Crippen LogP) is 0.864. The Labute approximate surface area is 114 Å². The van der Waals surface area contributed by atoms with E-state index in [9.17, 15) is 0 Å². The molecule has 1 fully saturated rings. The highest BCUT2D eigenvalue weighted by Gasteiger charge is 2.25. The van der Waals surface area contributed by atoms with Gasteiger partial charge in [0.25, 0.3) is 0 Å². The van der Waals surface area contributed by atoms with Crippen LogP contribution in [0.3, 0.4) is 0 Å². The highest BCUT2D eigenvalue weighted by molar-refractivity contribution is 4.96. The first kappa shape index (κ1) is 14.4. The van der Waals surface area contributed by atoms with Gasteiger partial charge in [0.15, 0.2) is 5.82 Å². The highest BCUT2D eigenvalue weighted by atomic mass is 16.5. The van der Waals surface area contributed by atoms with Crippen LogP contribution in [0.5, 0.6) is 0 Å². The van der Waals surface area contributed by atoms with Gasteiger partial charge in [-0.3, -0.25) is 9.80 Å². The maximum absolute atomic E-state index is 8.94. The van der Waals surface area contributed by atoms with Gasteiger partial charge in [-0.15, -0.1) is 0 Å². The lowest BCUT2D eigenvalue weighted by Crippen LogP contribution is -2.47. The summed E-state index contributed by atoms with van der Waals surface area (Å²) in [6.45, 7) is 11.1. The molecule has 0 radical (unpaired) electrons. The molecule has 1 aromatic heterocycles. The van der Waals surface area contributed by atoms with Crippen molar-refractivity contribution in [3.63, 3.8) is 0 Å². The molecule has 0 bridgehead atoms. The smallest absolute Gasteiger partial charge is 0.243 e. The van der Waals surface area contributed by atoms with Crippen molar-refractivity contribution in [2.75, 3.05) is 39.3 Å². The first-order chi connectivity index (χ1) is 9.11. The molecule has 1 N–H and O–H groups in total. The van der Waals surface area contributed by atoms with Crippen LogP contribution in [0.4, 0.5) is 0 Å². The van der Waals surface area contributed by atoms with Gasteiger partial charge >= 0.3 is 0 Å². The number of β-amino-alcohol motifs (C(OH)–C–C–N with tert-alkyl or cyclic N) is 1. The van der Waals surface area contributed by atoms with Gasteiger partial charge in [-0.25, -0.2) is 0 Å². The molecule has 6 heteroatoms. The van der Waals surface area contributed by atoms with Crippen molar-refractivity contribution in [1.82, 2.24) is 19.9 Å². The lowest BCUT2D eigenvalue weighted by atomic mass is 10.2. The van der Waals surface area contributed by atoms with Gasteiger partial charge in [0, 0.05) is 38.6 Å². The van der Waals surface area contributed by atoms with Gasteiger partial charge < -0.3 is 9.63 Å². The largest absolute Gasteiger partial charge is 0.395 e. The van der Waals surface area contributed by atoms with Crippen LogP contribution in [-0.2, 0) is 0 Å². The standard InChI is InChI=1S/C13H24N4O2/c1-10(2)12-14-13(19-15-12)11(3)17-6-4-16(5-7-17)8-9-18/h10-11,18H,4-9H2,1-3H3/t11-/m1/s1. The van der Waals surface area contributed by atoms with E-state index < -0.39 is 0 Å². The van der Waals surface area contributed by atoms with Gasteiger partial charge in [0.1, 0.15) is 0 Å². The number of nitrogens with zero attached hydrogens (tertiary/aromatic N) is 4. The third-order valence-electron chi connectivity index (χ3n) is 3.70. The minimum atomic E-state index is 0.163. The van der Waals surface area contributed by atoms with Crippen LogP contribution < -0.4 is 0 Å². The fraction of sp³-hybridized carbons (Fsp3) is 0.846. The molecule has 0 spiro atoms. The van der Waals surface area contributed by atoms with Crippen LogP contribution in [0.15, 0.2) is 4.52 Å². The van der Waals surface area contributed by atoms with Gasteiger partial charge in [-0.1, -0.05) is 19.0 Å². The predicted molar refractivity (Wildman–Crippen MR) is 71.9 cm³/mol. The molecule has 1 aromatic rings.